The van der Waals surface area contributed by atoms with Crippen LogP contribution in [0.3, 0.4) is 0 Å². The van der Waals surface area contributed by atoms with Gasteiger partial charge in [0.1, 0.15) is 13.4 Å². The summed E-state index contributed by atoms with van der Waals surface area (Å²) in [5.74, 6) is 3.40. The van der Waals surface area contributed by atoms with Gasteiger partial charge in [0.25, 0.3) is 0 Å². The molecule has 0 spiro atoms. The van der Waals surface area contributed by atoms with Crippen molar-refractivity contribution in [1.29, 1.82) is 0 Å². The molecule has 22 heavy (non-hydrogen) atoms. The van der Waals surface area contributed by atoms with Gasteiger partial charge in [0, 0.05) is 15.6 Å². The van der Waals surface area contributed by atoms with Crippen LogP contribution in [0.4, 0.5) is 5.69 Å². The molecule has 0 aliphatic heterocycles. The fourth-order valence-electron chi connectivity index (χ4n) is 1.71. The predicted molar refractivity (Wildman–Crippen MR) is 102 cm³/mol. The molecule has 0 aromatic heterocycles. The highest BCUT2D eigenvalue weighted by atomic mass is 35.5. The first-order chi connectivity index (χ1) is 10.4. The summed E-state index contributed by atoms with van der Waals surface area (Å²) in [7, 11) is -1.40. The topological polar surface area (TPSA) is 12.0 Å². The summed E-state index contributed by atoms with van der Waals surface area (Å²) in [6, 6.07) is 18.1. The second-order valence-electron chi connectivity index (χ2n) is 5.98. The first-order valence-corrected chi connectivity index (χ1v) is 11.9. The summed E-state index contributed by atoms with van der Waals surface area (Å²) >= 11 is 7.68. The van der Waals surface area contributed by atoms with Crippen molar-refractivity contribution in [2.24, 2.45) is 0 Å². The molecule has 0 fully saturated rings. The highest BCUT2D eigenvalue weighted by molar-refractivity contribution is 8.00. The van der Waals surface area contributed by atoms with Gasteiger partial charge in [-0.2, -0.15) is 0 Å². The van der Waals surface area contributed by atoms with Crippen molar-refractivity contribution >= 4 is 37.1 Å². The smallest absolute Gasteiger partial charge is 0.139 e. The minimum Gasteiger partial charge on any atom is -0.363 e. The zero-order valence-corrected chi connectivity index (χ0v) is 15.6. The van der Waals surface area contributed by atoms with Crippen LogP contribution in [-0.2, 0) is 0 Å². The SMILES string of the molecule is C[Si](C)(C)C#CC(Nc1ccc(Cl)cc1)Sc1ccccc1. The van der Waals surface area contributed by atoms with Crippen molar-refractivity contribution in [3.05, 3.63) is 59.6 Å². The van der Waals surface area contributed by atoms with E-state index in [9.17, 15) is 0 Å². The third kappa shape index (κ3) is 6.19. The minimum absolute atomic E-state index is 0.0234. The monoisotopic (exact) mass is 345 g/mol. The molecule has 0 saturated heterocycles. The molecule has 0 radical (unpaired) electrons. The van der Waals surface area contributed by atoms with Crippen molar-refractivity contribution in [3.8, 4) is 11.5 Å². The molecule has 0 saturated carbocycles. The Hall–Kier alpha value is -1.34. The fraction of sp³-hybridized carbons (Fsp3) is 0.222. The molecule has 2 aromatic carbocycles. The van der Waals surface area contributed by atoms with E-state index in [0.717, 1.165) is 10.7 Å². The Morgan fingerprint density at radius 2 is 1.64 bits per heavy atom. The van der Waals surface area contributed by atoms with E-state index in [1.807, 2.05) is 42.5 Å². The largest absolute Gasteiger partial charge is 0.363 e. The lowest BCUT2D eigenvalue weighted by molar-refractivity contribution is 1.28. The number of nitrogens with one attached hydrogen (secondary N) is 1. The van der Waals surface area contributed by atoms with Crippen LogP contribution >= 0.6 is 23.4 Å². The van der Waals surface area contributed by atoms with E-state index in [1.54, 1.807) is 11.8 Å². The van der Waals surface area contributed by atoms with Crippen LogP contribution in [0.1, 0.15) is 0 Å². The molecule has 0 aliphatic carbocycles. The van der Waals surface area contributed by atoms with Crippen LogP contribution in [0, 0.1) is 11.5 Å². The van der Waals surface area contributed by atoms with Gasteiger partial charge in [-0.25, -0.2) is 0 Å². The Kier molecular flexibility index (Phi) is 6.02. The average molecular weight is 346 g/mol. The van der Waals surface area contributed by atoms with E-state index >= 15 is 0 Å². The quantitative estimate of drug-likeness (QED) is 0.327. The van der Waals surface area contributed by atoms with Crippen molar-refractivity contribution in [1.82, 2.24) is 0 Å². The molecule has 2 aromatic rings. The second kappa shape index (κ2) is 7.78. The van der Waals surface area contributed by atoms with Crippen LogP contribution < -0.4 is 5.32 Å². The van der Waals surface area contributed by atoms with E-state index in [1.165, 1.54) is 4.90 Å². The van der Waals surface area contributed by atoms with Crippen molar-refractivity contribution < 1.29 is 0 Å². The van der Waals surface area contributed by atoms with Gasteiger partial charge in [0.05, 0.1) is 0 Å². The molecule has 2 rings (SSSR count). The molecule has 0 heterocycles. The third-order valence-electron chi connectivity index (χ3n) is 2.72. The first kappa shape index (κ1) is 17.0. The van der Waals surface area contributed by atoms with Crippen molar-refractivity contribution in [3.63, 3.8) is 0 Å². The fourth-order valence-corrected chi connectivity index (χ4v) is 3.42. The second-order valence-corrected chi connectivity index (χ2v) is 12.3. The van der Waals surface area contributed by atoms with E-state index in [4.69, 9.17) is 11.6 Å². The lowest BCUT2D eigenvalue weighted by Crippen LogP contribution is -2.19. The Bertz CT molecular complexity index is 653. The number of hydrogen-bond acceptors (Lipinski definition) is 2. The zero-order valence-electron chi connectivity index (χ0n) is 13.1. The summed E-state index contributed by atoms with van der Waals surface area (Å²) in [5, 5.41) is 4.25. The molecule has 0 bridgehead atoms. The van der Waals surface area contributed by atoms with Crippen LogP contribution in [0.15, 0.2) is 59.5 Å². The van der Waals surface area contributed by atoms with Gasteiger partial charge < -0.3 is 5.32 Å². The predicted octanol–water partition coefficient (Wildman–Crippen LogP) is 5.75. The third-order valence-corrected chi connectivity index (χ3v) is 4.88. The van der Waals surface area contributed by atoms with Gasteiger partial charge in [-0.3, -0.25) is 0 Å². The molecule has 114 valence electrons. The Labute approximate surface area is 143 Å². The summed E-state index contributed by atoms with van der Waals surface area (Å²) in [6.45, 7) is 6.77. The van der Waals surface area contributed by atoms with E-state index in [2.05, 4.69) is 48.6 Å². The molecular weight excluding hydrogens is 326 g/mol. The summed E-state index contributed by atoms with van der Waals surface area (Å²) in [5.41, 5.74) is 4.48. The van der Waals surface area contributed by atoms with Crippen LogP contribution in [-0.4, -0.2) is 13.4 Å². The highest BCUT2D eigenvalue weighted by Gasteiger charge is 2.11. The maximum atomic E-state index is 5.94. The standard InChI is InChI=1S/C18H20ClNSSi/c1-22(2,3)14-13-18(21-17-7-5-4-6-8-17)20-16-11-9-15(19)10-12-16/h4-12,18,20H,1-3H3. The molecule has 1 unspecified atom stereocenters. The summed E-state index contributed by atoms with van der Waals surface area (Å²) < 4.78 is 0. The highest BCUT2D eigenvalue weighted by Crippen LogP contribution is 2.25. The van der Waals surface area contributed by atoms with E-state index in [-0.39, 0.29) is 5.37 Å². The number of anilines is 1. The molecular formula is C18H20ClNSSi. The van der Waals surface area contributed by atoms with Crippen molar-refractivity contribution in [2.45, 2.75) is 29.9 Å². The number of thioether (sulfide) groups is 1. The number of halogens is 1. The molecule has 1 N–H and O–H groups in total. The van der Waals surface area contributed by atoms with E-state index in [0.29, 0.717) is 0 Å². The summed E-state index contributed by atoms with van der Waals surface area (Å²) in [4.78, 5) is 1.21. The van der Waals surface area contributed by atoms with Gasteiger partial charge in [-0.15, -0.1) is 5.54 Å². The van der Waals surface area contributed by atoms with Gasteiger partial charge >= 0.3 is 0 Å². The lowest BCUT2D eigenvalue weighted by Gasteiger charge is -2.15. The Morgan fingerprint density at radius 3 is 2.23 bits per heavy atom. The minimum atomic E-state index is -1.40. The normalized spacial score (nSPS) is 12.2. The van der Waals surface area contributed by atoms with Gasteiger partial charge in [-0.1, -0.05) is 67.1 Å². The molecule has 1 nitrogen and oxygen atoms in total. The Balaban J connectivity index is 2.17. The molecule has 4 heteroatoms. The number of rotatable bonds is 4. The average Bonchev–Trinajstić information content (AvgIpc) is 2.47. The Morgan fingerprint density at radius 1 is 1.00 bits per heavy atom. The van der Waals surface area contributed by atoms with Crippen LogP contribution in [0.2, 0.25) is 24.7 Å². The zero-order chi connectivity index (χ0) is 16.0. The first-order valence-electron chi connectivity index (χ1n) is 7.19. The molecule has 1 atom stereocenters. The molecule has 0 aliphatic rings. The number of benzene rings is 2. The maximum Gasteiger partial charge on any atom is 0.139 e. The molecule has 0 amide bonds. The maximum absolute atomic E-state index is 5.94. The van der Waals surface area contributed by atoms with Gasteiger partial charge in [-0.05, 0) is 36.4 Å². The number of hydrogen-bond donors (Lipinski definition) is 1. The lowest BCUT2D eigenvalue weighted by atomic mass is 10.3. The van der Waals surface area contributed by atoms with Gasteiger partial charge in [0.15, 0.2) is 0 Å². The van der Waals surface area contributed by atoms with Gasteiger partial charge in [0.2, 0.25) is 0 Å². The van der Waals surface area contributed by atoms with Crippen LogP contribution in [0.5, 0.6) is 0 Å². The summed E-state index contributed by atoms with van der Waals surface area (Å²) in [6.07, 6.45) is 0. The van der Waals surface area contributed by atoms with Crippen LogP contribution in [0.25, 0.3) is 0 Å². The van der Waals surface area contributed by atoms with Crippen molar-refractivity contribution in [2.75, 3.05) is 5.32 Å². The van der Waals surface area contributed by atoms with E-state index < -0.39 is 8.07 Å².